The third kappa shape index (κ3) is 4.18. The molecule has 4 aromatic rings. The van der Waals surface area contributed by atoms with Crippen LogP contribution >= 0.6 is 11.3 Å². The Bertz CT molecular complexity index is 1150. The summed E-state index contributed by atoms with van der Waals surface area (Å²) in [6, 6.07) is 13.3. The summed E-state index contributed by atoms with van der Waals surface area (Å²) in [7, 11) is 0. The standard InChI is InChI=1S/C22H23N5O2S/c1-4-29-17-8-9-18-20(13-17)30-22(24-18)26(14-16-7-5-6-11-23-16)21(28)19-10-12-27(25-19)15(2)3/h5-13,15H,4,14H2,1-3H3. The lowest BCUT2D eigenvalue weighted by Crippen LogP contribution is -2.31. The fourth-order valence-corrected chi connectivity index (χ4v) is 4.01. The van der Waals surface area contributed by atoms with E-state index in [0.717, 1.165) is 21.7 Å². The van der Waals surface area contributed by atoms with Gasteiger partial charge in [-0.05, 0) is 57.2 Å². The highest BCUT2D eigenvalue weighted by Crippen LogP contribution is 2.33. The molecule has 0 unspecified atom stereocenters. The van der Waals surface area contributed by atoms with Gasteiger partial charge in [0.05, 0.1) is 29.1 Å². The second-order valence-corrected chi connectivity index (χ2v) is 8.06. The smallest absolute Gasteiger partial charge is 0.280 e. The number of amides is 1. The van der Waals surface area contributed by atoms with Gasteiger partial charge in [-0.15, -0.1) is 0 Å². The molecule has 0 aliphatic heterocycles. The number of ether oxygens (including phenoxy) is 1. The van der Waals surface area contributed by atoms with Crippen molar-refractivity contribution in [3.05, 3.63) is 66.2 Å². The quantitative estimate of drug-likeness (QED) is 0.432. The Labute approximate surface area is 179 Å². The Morgan fingerprint density at radius 1 is 1.23 bits per heavy atom. The summed E-state index contributed by atoms with van der Waals surface area (Å²) in [6.45, 7) is 6.91. The average Bonchev–Trinajstić information content (AvgIpc) is 3.40. The Kier molecular flexibility index (Phi) is 5.76. The van der Waals surface area contributed by atoms with E-state index in [0.29, 0.717) is 24.0 Å². The zero-order valence-electron chi connectivity index (χ0n) is 17.1. The fourth-order valence-electron chi connectivity index (χ4n) is 3.02. The van der Waals surface area contributed by atoms with Crippen molar-refractivity contribution in [1.29, 1.82) is 0 Å². The molecule has 0 aliphatic rings. The number of thiazole rings is 1. The van der Waals surface area contributed by atoms with E-state index in [-0.39, 0.29) is 11.9 Å². The Morgan fingerprint density at radius 3 is 2.80 bits per heavy atom. The molecule has 30 heavy (non-hydrogen) atoms. The van der Waals surface area contributed by atoms with Gasteiger partial charge in [-0.3, -0.25) is 19.4 Å². The number of rotatable bonds is 7. The SMILES string of the molecule is CCOc1ccc2nc(N(Cc3ccccn3)C(=O)c3ccn(C(C)C)n3)sc2c1. The van der Waals surface area contributed by atoms with Crippen molar-refractivity contribution < 1.29 is 9.53 Å². The normalized spacial score (nSPS) is 11.2. The van der Waals surface area contributed by atoms with Crippen molar-refractivity contribution in [3.8, 4) is 5.75 Å². The van der Waals surface area contributed by atoms with Gasteiger partial charge in [-0.25, -0.2) is 4.98 Å². The average molecular weight is 422 g/mol. The lowest BCUT2D eigenvalue weighted by molar-refractivity contribution is 0.0979. The molecule has 8 heteroatoms. The van der Waals surface area contributed by atoms with E-state index < -0.39 is 0 Å². The summed E-state index contributed by atoms with van der Waals surface area (Å²) in [6.07, 6.45) is 3.54. The van der Waals surface area contributed by atoms with Crippen LogP contribution in [0.3, 0.4) is 0 Å². The van der Waals surface area contributed by atoms with Crippen LogP contribution in [-0.4, -0.2) is 32.3 Å². The maximum Gasteiger partial charge on any atom is 0.280 e. The third-order valence-electron chi connectivity index (χ3n) is 4.54. The molecule has 0 radical (unpaired) electrons. The highest BCUT2D eigenvalue weighted by atomic mass is 32.1. The minimum Gasteiger partial charge on any atom is -0.494 e. The van der Waals surface area contributed by atoms with Crippen molar-refractivity contribution in [3.63, 3.8) is 0 Å². The van der Waals surface area contributed by atoms with E-state index in [1.807, 2.05) is 63.4 Å². The van der Waals surface area contributed by atoms with Gasteiger partial charge in [-0.2, -0.15) is 5.10 Å². The van der Waals surface area contributed by atoms with Crippen LogP contribution in [0.5, 0.6) is 5.75 Å². The van der Waals surface area contributed by atoms with E-state index in [9.17, 15) is 4.79 Å². The minimum atomic E-state index is -0.204. The summed E-state index contributed by atoms with van der Waals surface area (Å²) in [5, 5.41) is 5.06. The number of aromatic nitrogens is 4. The first-order chi connectivity index (χ1) is 14.5. The third-order valence-corrected chi connectivity index (χ3v) is 5.58. The molecule has 0 aliphatic carbocycles. The van der Waals surface area contributed by atoms with Crippen LogP contribution in [-0.2, 0) is 6.54 Å². The van der Waals surface area contributed by atoms with E-state index in [1.54, 1.807) is 21.8 Å². The van der Waals surface area contributed by atoms with Gasteiger partial charge in [0.15, 0.2) is 10.8 Å². The van der Waals surface area contributed by atoms with Crippen molar-refractivity contribution >= 4 is 32.6 Å². The number of anilines is 1. The molecular formula is C22H23N5O2S. The molecule has 0 N–H and O–H groups in total. The van der Waals surface area contributed by atoms with Crippen LogP contribution in [0.15, 0.2) is 54.9 Å². The number of carbonyl (C=O) groups is 1. The molecule has 0 atom stereocenters. The van der Waals surface area contributed by atoms with Crippen molar-refractivity contribution in [2.24, 2.45) is 0 Å². The molecule has 154 valence electrons. The van der Waals surface area contributed by atoms with Gasteiger partial charge >= 0.3 is 0 Å². The molecule has 3 aromatic heterocycles. The molecule has 0 bridgehead atoms. The first-order valence-electron chi connectivity index (χ1n) is 9.85. The zero-order valence-corrected chi connectivity index (χ0v) is 18.0. The number of carbonyl (C=O) groups excluding carboxylic acids is 1. The van der Waals surface area contributed by atoms with Gasteiger partial charge in [0.25, 0.3) is 5.91 Å². The summed E-state index contributed by atoms with van der Waals surface area (Å²) in [5.74, 6) is 0.586. The molecule has 7 nitrogen and oxygen atoms in total. The second-order valence-electron chi connectivity index (χ2n) is 7.05. The molecule has 1 aromatic carbocycles. The Morgan fingerprint density at radius 2 is 2.10 bits per heavy atom. The molecule has 1 amide bonds. The predicted molar refractivity (Wildman–Crippen MR) is 118 cm³/mol. The number of nitrogens with zero attached hydrogens (tertiary/aromatic N) is 5. The first kappa shape index (κ1) is 20.0. The van der Waals surface area contributed by atoms with Crippen molar-refractivity contribution in [2.75, 3.05) is 11.5 Å². The van der Waals surface area contributed by atoms with Crippen LogP contribution in [0, 0.1) is 0 Å². The predicted octanol–water partition coefficient (Wildman–Crippen LogP) is 4.71. The second kappa shape index (κ2) is 8.62. The molecular weight excluding hydrogens is 398 g/mol. The highest BCUT2D eigenvalue weighted by molar-refractivity contribution is 7.22. The molecule has 4 rings (SSSR count). The fraction of sp³-hybridized carbons (Fsp3) is 0.273. The van der Waals surface area contributed by atoms with Crippen LogP contribution < -0.4 is 9.64 Å². The topological polar surface area (TPSA) is 73.1 Å². The lowest BCUT2D eigenvalue weighted by Gasteiger charge is -2.18. The van der Waals surface area contributed by atoms with Crippen molar-refractivity contribution in [1.82, 2.24) is 19.7 Å². The maximum atomic E-state index is 13.4. The summed E-state index contributed by atoms with van der Waals surface area (Å²) < 4.78 is 8.33. The summed E-state index contributed by atoms with van der Waals surface area (Å²) in [4.78, 5) is 24.1. The van der Waals surface area contributed by atoms with Crippen LogP contribution in [0.4, 0.5) is 5.13 Å². The van der Waals surface area contributed by atoms with E-state index >= 15 is 0 Å². The monoisotopic (exact) mass is 421 g/mol. The van der Waals surface area contributed by atoms with Gasteiger partial charge in [-0.1, -0.05) is 17.4 Å². The first-order valence-corrected chi connectivity index (χ1v) is 10.7. The number of fused-ring (bicyclic) bond motifs is 1. The van der Waals surface area contributed by atoms with Crippen molar-refractivity contribution in [2.45, 2.75) is 33.4 Å². The lowest BCUT2D eigenvalue weighted by atomic mass is 10.3. The Balaban J connectivity index is 1.72. The van der Waals surface area contributed by atoms with Crippen LogP contribution in [0.2, 0.25) is 0 Å². The van der Waals surface area contributed by atoms with E-state index in [1.165, 1.54) is 11.3 Å². The molecule has 3 heterocycles. The van der Waals surface area contributed by atoms with Crippen LogP contribution in [0.25, 0.3) is 10.2 Å². The summed E-state index contributed by atoms with van der Waals surface area (Å²) >= 11 is 1.45. The largest absolute Gasteiger partial charge is 0.494 e. The molecule has 0 fully saturated rings. The van der Waals surface area contributed by atoms with Gasteiger partial charge in [0.2, 0.25) is 0 Å². The maximum absolute atomic E-state index is 13.4. The van der Waals surface area contributed by atoms with E-state index in [4.69, 9.17) is 9.72 Å². The highest BCUT2D eigenvalue weighted by Gasteiger charge is 2.24. The Hall–Kier alpha value is -3.26. The number of hydrogen-bond donors (Lipinski definition) is 0. The number of benzene rings is 1. The molecule has 0 saturated carbocycles. The van der Waals surface area contributed by atoms with Crippen LogP contribution in [0.1, 0.15) is 43.0 Å². The number of pyridine rings is 1. The van der Waals surface area contributed by atoms with Gasteiger partial charge in [0, 0.05) is 18.4 Å². The van der Waals surface area contributed by atoms with Gasteiger partial charge in [0.1, 0.15) is 5.75 Å². The minimum absolute atomic E-state index is 0.176. The molecule has 0 spiro atoms. The zero-order chi connectivity index (χ0) is 21.1. The number of hydrogen-bond acceptors (Lipinski definition) is 6. The van der Waals surface area contributed by atoms with Gasteiger partial charge < -0.3 is 4.74 Å². The summed E-state index contributed by atoms with van der Waals surface area (Å²) in [5.41, 5.74) is 1.99. The van der Waals surface area contributed by atoms with E-state index in [2.05, 4.69) is 10.1 Å². The molecule has 0 saturated heterocycles.